The zero-order valence-corrected chi connectivity index (χ0v) is 12.5. The van der Waals surface area contributed by atoms with Gasteiger partial charge in [-0.2, -0.15) is 5.10 Å². The van der Waals surface area contributed by atoms with Crippen molar-refractivity contribution in [2.75, 3.05) is 0 Å². The predicted molar refractivity (Wildman–Crippen MR) is 79.3 cm³/mol. The van der Waals surface area contributed by atoms with Crippen LogP contribution in [0.15, 0.2) is 41.4 Å². The lowest BCUT2D eigenvalue weighted by Crippen LogP contribution is -2.29. The first kappa shape index (κ1) is 14.3. The molecule has 0 bridgehead atoms. The molecule has 0 aliphatic heterocycles. The van der Waals surface area contributed by atoms with Crippen LogP contribution in [0.5, 0.6) is 5.75 Å². The van der Waals surface area contributed by atoms with Gasteiger partial charge in [0.1, 0.15) is 18.4 Å². The van der Waals surface area contributed by atoms with Crippen molar-refractivity contribution < 1.29 is 9.53 Å². The second-order valence-corrected chi connectivity index (χ2v) is 5.25. The van der Waals surface area contributed by atoms with Crippen molar-refractivity contribution in [2.45, 2.75) is 6.23 Å². The summed E-state index contributed by atoms with van der Waals surface area (Å²) in [6.07, 6.45) is 9.07. The fraction of sp³-hybridized carbons (Fsp3) is 0.0667. The molecule has 105 valence electrons. The van der Waals surface area contributed by atoms with E-state index in [-0.39, 0.29) is 5.78 Å². The molecule has 6 heteroatoms. The highest BCUT2D eigenvalue weighted by Gasteiger charge is 2.33. The summed E-state index contributed by atoms with van der Waals surface area (Å²) < 4.78 is 8.13. The Bertz CT molecular complexity index is 592. The number of halogens is 1. The highest BCUT2D eigenvalue weighted by Crippen LogP contribution is 2.29. The number of hydrogen-bond acceptors (Lipinski definition) is 4. The molecule has 1 aromatic heterocycles. The number of ether oxygens (including phenoxy) is 1. The van der Waals surface area contributed by atoms with Crippen molar-refractivity contribution in [3.8, 4) is 5.75 Å². The van der Waals surface area contributed by atoms with Crippen molar-refractivity contribution in [3.63, 3.8) is 0 Å². The van der Waals surface area contributed by atoms with Gasteiger partial charge in [-0.25, -0.2) is 9.67 Å². The molecule has 2 aromatic rings. The number of Topliss-reactive ketones (excluding diaryl/α,β-unsaturated/α-hetero) is 1. The van der Waals surface area contributed by atoms with Crippen LogP contribution in [0.4, 0.5) is 0 Å². The first-order valence-corrected chi connectivity index (χ1v) is 7.05. The Morgan fingerprint density at radius 1 is 1.19 bits per heavy atom. The van der Waals surface area contributed by atoms with Gasteiger partial charge >= 0.3 is 0 Å². The molecule has 1 heterocycles. The molecule has 5 nitrogen and oxygen atoms in total. The molecular weight excluding hydrogens is 334 g/mol. The van der Waals surface area contributed by atoms with E-state index in [1.165, 1.54) is 17.3 Å². The maximum absolute atomic E-state index is 12.6. The summed E-state index contributed by atoms with van der Waals surface area (Å²) >= 11 is 3.36. The smallest absolute Gasteiger partial charge is 0.252 e. The summed E-state index contributed by atoms with van der Waals surface area (Å²) in [6, 6.07) is 7.26. The van der Waals surface area contributed by atoms with E-state index in [1.807, 2.05) is 25.0 Å². The van der Waals surface area contributed by atoms with Crippen LogP contribution in [0.25, 0.3) is 0 Å². The highest BCUT2D eigenvalue weighted by molar-refractivity contribution is 9.10. The van der Waals surface area contributed by atoms with Crippen molar-refractivity contribution in [1.82, 2.24) is 14.8 Å². The number of ketones is 1. The number of nitrogens with zero attached hydrogens (tertiary/aromatic N) is 3. The van der Waals surface area contributed by atoms with Crippen molar-refractivity contribution >= 4 is 21.7 Å². The molecule has 0 amide bonds. The van der Waals surface area contributed by atoms with E-state index in [2.05, 4.69) is 26.0 Å². The standard InChI is InChI=1S/C15H11BrN3O2/c16-12-5-7-13(8-6-12)21-15(19-10-17-9-18-19)14(20)11-3-1-2-4-11/h1-10,15H. The van der Waals surface area contributed by atoms with Crippen LogP contribution < -0.4 is 4.74 Å². The van der Waals surface area contributed by atoms with Crippen LogP contribution in [-0.4, -0.2) is 20.5 Å². The van der Waals surface area contributed by atoms with E-state index in [0.29, 0.717) is 11.7 Å². The molecule has 1 fully saturated rings. The molecule has 1 saturated carbocycles. The Morgan fingerprint density at radius 2 is 1.90 bits per heavy atom. The number of benzene rings is 1. The number of carbonyl (C=O) groups is 1. The molecule has 1 aliphatic rings. The van der Waals surface area contributed by atoms with Gasteiger partial charge in [0.2, 0.25) is 5.78 Å². The van der Waals surface area contributed by atoms with Gasteiger partial charge in [0.25, 0.3) is 6.23 Å². The second kappa shape index (κ2) is 6.39. The summed E-state index contributed by atoms with van der Waals surface area (Å²) in [4.78, 5) is 16.4. The predicted octanol–water partition coefficient (Wildman–Crippen LogP) is 2.59. The highest BCUT2D eigenvalue weighted by atomic mass is 79.9. The number of aromatic nitrogens is 3. The van der Waals surface area contributed by atoms with Crippen LogP contribution in [0.3, 0.4) is 0 Å². The van der Waals surface area contributed by atoms with E-state index in [9.17, 15) is 4.79 Å². The summed E-state index contributed by atoms with van der Waals surface area (Å²) in [5, 5.41) is 4.01. The molecule has 1 atom stereocenters. The normalized spacial score (nSPS) is 16.8. The van der Waals surface area contributed by atoms with E-state index in [1.54, 1.807) is 25.0 Å². The number of carbonyl (C=O) groups excluding carboxylic acids is 1. The van der Waals surface area contributed by atoms with Gasteiger partial charge in [0.15, 0.2) is 0 Å². The maximum atomic E-state index is 12.6. The minimum absolute atomic E-state index is 0.173. The van der Waals surface area contributed by atoms with Gasteiger partial charge in [-0.15, -0.1) is 0 Å². The minimum Gasteiger partial charge on any atom is -0.461 e. The second-order valence-electron chi connectivity index (χ2n) is 4.34. The van der Waals surface area contributed by atoms with E-state index in [4.69, 9.17) is 4.74 Å². The van der Waals surface area contributed by atoms with Crippen LogP contribution in [0, 0.1) is 31.6 Å². The first-order chi connectivity index (χ1) is 10.2. The van der Waals surface area contributed by atoms with Gasteiger partial charge in [0.05, 0.1) is 5.92 Å². The molecule has 1 aromatic carbocycles. The average Bonchev–Trinajstić information content (AvgIpc) is 3.19. The Kier molecular flexibility index (Phi) is 4.34. The van der Waals surface area contributed by atoms with Gasteiger partial charge in [-0.05, 0) is 49.9 Å². The van der Waals surface area contributed by atoms with Gasteiger partial charge in [-0.3, -0.25) is 4.79 Å². The lowest BCUT2D eigenvalue weighted by molar-refractivity contribution is -0.127. The molecule has 1 aliphatic carbocycles. The van der Waals surface area contributed by atoms with Gasteiger partial charge in [0, 0.05) is 4.47 Å². The van der Waals surface area contributed by atoms with E-state index < -0.39 is 6.23 Å². The molecule has 0 spiro atoms. The summed E-state index contributed by atoms with van der Waals surface area (Å²) in [6.45, 7) is 0. The molecule has 0 saturated heterocycles. The van der Waals surface area contributed by atoms with E-state index in [0.717, 1.165) is 4.47 Å². The largest absolute Gasteiger partial charge is 0.461 e. The monoisotopic (exact) mass is 344 g/mol. The van der Waals surface area contributed by atoms with Crippen LogP contribution in [0.2, 0.25) is 0 Å². The van der Waals surface area contributed by atoms with Crippen molar-refractivity contribution in [3.05, 3.63) is 73.0 Å². The molecule has 0 N–H and O–H groups in total. The maximum Gasteiger partial charge on any atom is 0.252 e. The summed E-state index contributed by atoms with van der Waals surface area (Å²) in [5.74, 6) is 0.986. The summed E-state index contributed by atoms with van der Waals surface area (Å²) in [5.41, 5.74) is 0. The zero-order valence-electron chi connectivity index (χ0n) is 10.9. The Hall–Kier alpha value is -1.69. The van der Waals surface area contributed by atoms with Crippen LogP contribution in [0.1, 0.15) is 6.23 Å². The third-order valence-electron chi connectivity index (χ3n) is 2.91. The fourth-order valence-corrected chi connectivity index (χ4v) is 2.15. The SMILES string of the molecule is O=C([C]1[CH][CH][CH][CH]1)C(Oc1ccc(Br)cc1)n1cncn1. The molecule has 1 unspecified atom stereocenters. The molecule has 21 heavy (non-hydrogen) atoms. The van der Waals surface area contributed by atoms with Crippen LogP contribution in [-0.2, 0) is 4.79 Å². The van der Waals surface area contributed by atoms with Crippen molar-refractivity contribution in [1.29, 1.82) is 0 Å². The molecule has 5 radical (unpaired) electrons. The Labute approximate surface area is 131 Å². The first-order valence-electron chi connectivity index (χ1n) is 6.26. The Morgan fingerprint density at radius 3 is 2.52 bits per heavy atom. The summed E-state index contributed by atoms with van der Waals surface area (Å²) in [7, 11) is 0. The lowest BCUT2D eigenvalue weighted by atomic mass is 10.0. The third kappa shape index (κ3) is 3.32. The fourth-order valence-electron chi connectivity index (χ4n) is 1.89. The van der Waals surface area contributed by atoms with Gasteiger partial charge < -0.3 is 4.74 Å². The zero-order chi connectivity index (χ0) is 14.7. The number of hydrogen-bond donors (Lipinski definition) is 0. The lowest BCUT2D eigenvalue weighted by Gasteiger charge is -2.20. The van der Waals surface area contributed by atoms with Gasteiger partial charge in [-0.1, -0.05) is 15.9 Å². The minimum atomic E-state index is -0.879. The topological polar surface area (TPSA) is 57.0 Å². The number of rotatable bonds is 5. The van der Waals surface area contributed by atoms with E-state index >= 15 is 0 Å². The van der Waals surface area contributed by atoms with Crippen molar-refractivity contribution in [2.24, 2.45) is 0 Å². The van der Waals surface area contributed by atoms with Crippen LogP contribution >= 0.6 is 15.9 Å². The molecular formula is C15H11BrN3O2. The Balaban J connectivity index is 1.82. The third-order valence-corrected chi connectivity index (χ3v) is 3.44. The average molecular weight is 345 g/mol. The quantitative estimate of drug-likeness (QED) is 0.836. The molecule has 3 rings (SSSR count).